The lowest BCUT2D eigenvalue weighted by Gasteiger charge is -2.61. The summed E-state index contributed by atoms with van der Waals surface area (Å²) in [6.45, 7) is 3.05. The number of aliphatic hydroxyl groups excluding tert-OH is 2. The molecule has 0 amide bonds. The van der Waals surface area contributed by atoms with Crippen molar-refractivity contribution >= 4 is 5.78 Å². The molecule has 154 valence electrons. The standard InChI is InChI=1S/C21H34O6/c1-18-7-5-13(23)9-12(18)3-4-14-15-6-8-20(25,21(26,27)11-22)19(15,2)10-16(24)17(14)18/h12-15,17,22-23,25-27H,3-11H2,1-2H3/t12-,13-,14?,15?,17?,18+,19+,20-/m1/s1. The molecule has 0 aromatic rings. The first-order valence-corrected chi connectivity index (χ1v) is 10.5. The van der Waals surface area contributed by atoms with Gasteiger partial charge in [-0.2, -0.15) is 0 Å². The molecule has 3 unspecified atom stereocenters. The molecule has 4 aliphatic carbocycles. The van der Waals surface area contributed by atoms with Crippen molar-refractivity contribution in [2.45, 2.75) is 82.7 Å². The predicted molar refractivity (Wildman–Crippen MR) is 97.3 cm³/mol. The minimum Gasteiger partial charge on any atom is -0.393 e. The van der Waals surface area contributed by atoms with Crippen molar-refractivity contribution in [1.82, 2.24) is 0 Å². The fourth-order valence-electron chi connectivity index (χ4n) is 7.84. The van der Waals surface area contributed by atoms with Crippen LogP contribution in [0.15, 0.2) is 0 Å². The van der Waals surface area contributed by atoms with Gasteiger partial charge in [-0.05, 0) is 68.1 Å². The van der Waals surface area contributed by atoms with Crippen LogP contribution in [0.3, 0.4) is 0 Å². The number of hydrogen-bond donors (Lipinski definition) is 5. The summed E-state index contributed by atoms with van der Waals surface area (Å²) in [4.78, 5) is 13.4. The highest BCUT2D eigenvalue weighted by atomic mass is 16.5. The summed E-state index contributed by atoms with van der Waals surface area (Å²) in [5, 5.41) is 51.6. The van der Waals surface area contributed by atoms with Gasteiger partial charge < -0.3 is 25.5 Å². The van der Waals surface area contributed by atoms with E-state index in [1.54, 1.807) is 6.92 Å². The van der Waals surface area contributed by atoms with Crippen molar-refractivity contribution in [1.29, 1.82) is 0 Å². The minimum atomic E-state index is -2.61. The van der Waals surface area contributed by atoms with Crippen molar-refractivity contribution in [3.8, 4) is 0 Å². The lowest BCUT2D eigenvalue weighted by molar-refractivity contribution is -0.322. The Balaban J connectivity index is 1.71. The monoisotopic (exact) mass is 382 g/mol. The van der Waals surface area contributed by atoms with Gasteiger partial charge >= 0.3 is 0 Å². The van der Waals surface area contributed by atoms with E-state index < -0.39 is 23.4 Å². The fourth-order valence-corrected chi connectivity index (χ4v) is 7.84. The zero-order valence-corrected chi connectivity index (χ0v) is 16.4. The van der Waals surface area contributed by atoms with Gasteiger partial charge in [0.25, 0.3) is 0 Å². The highest BCUT2D eigenvalue weighted by Gasteiger charge is 2.71. The third kappa shape index (κ3) is 2.40. The topological polar surface area (TPSA) is 118 Å². The lowest BCUT2D eigenvalue weighted by atomic mass is 9.43. The molecule has 0 bridgehead atoms. The van der Waals surface area contributed by atoms with Crippen molar-refractivity contribution in [3.05, 3.63) is 0 Å². The molecule has 0 aromatic heterocycles. The van der Waals surface area contributed by atoms with Crippen LogP contribution in [0.2, 0.25) is 0 Å². The largest absolute Gasteiger partial charge is 0.393 e. The maximum atomic E-state index is 13.4. The molecule has 6 heteroatoms. The van der Waals surface area contributed by atoms with Crippen LogP contribution >= 0.6 is 0 Å². The summed E-state index contributed by atoms with van der Waals surface area (Å²) in [5.41, 5.74) is -2.96. The Kier molecular flexibility index (Phi) is 4.38. The first-order valence-electron chi connectivity index (χ1n) is 10.5. The molecule has 0 aliphatic heterocycles. The Hall–Kier alpha value is -0.530. The Bertz CT molecular complexity index is 634. The molecule has 4 aliphatic rings. The van der Waals surface area contributed by atoms with Gasteiger partial charge in [0.1, 0.15) is 11.4 Å². The van der Waals surface area contributed by atoms with Crippen molar-refractivity contribution in [2.75, 3.05) is 6.61 Å². The Morgan fingerprint density at radius 3 is 2.48 bits per heavy atom. The van der Waals surface area contributed by atoms with E-state index in [9.17, 15) is 30.3 Å². The summed E-state index contributed by atoms with van der Waals surface area (Å²) in [7, 11) is 0. The first kappa shape index (κ1) is 19.8. The second-order valence-corrected chi connectivity index (χ2v) is 10.4. The van der Waals surface area contributed by atoms with Crippen molar-refractivity contribution < 1.29 is 30.3 Å². The number of Topliss-reactive ketones (excluding diaryl/α,β-unsaturated/α-hetero) is 1. The number of ketones is 1. The number of aliphatic hydroxyl groups is 5. The molecule has 4 rings (SSSR count). The lowest BCUT2D eigenvalue weighted by Crippen LogP contribution is -2.67. The first-order chi connectivity index (χ1) is 12.5. The van der Waals surface area contributed by atoms with Gasteiger partial charge in [-0.25, -0.2) is 0 Å². The number of fused-ring (bicyclic) bond motifs is 5. The third-order valence-electron chi connectivity index (χ3n) is 9.36. The van der Waals surface area contributed by atoms with Crippen LogP contribution in [-0.2, 0) is 4.79 Å². The van der Waals surface area contributed by atoms with Gasteiger partial charge in [0, 0.05) is 17.8 Å². The maximum absolute atomic E-state index is 13.4. The molecule has 0 spiro atoms. The van der Waals surface area contributed by atoms with E-state index in [1.165, 1.54) is 0 Å². The summed E-state index contributed by atoms with van der Waals surface area (Å²) >= 11 is 0. The van der Waals surface area contributed by atoms with Gasteiger partial charge in [-0.1, -0.05) is 13.8 Å². The summed E-state index contributed by atoms with van der Waals surface area (Å²) in [5.74, 6) is -2.08. The number of hydrogen-bond acceptors (Lipinski definition) is 6. The highest BCUT2D eigenvalue weighted by Crippen LogP contribution is 2.68. The molecular formula is C21H34O6. The summed E-state index contributed by atoms with van der Waals surface area (Å²) < 4.78 is 0. The minimum absolute atomic E-state index is 0.0278. The SMILES string of the molecule is C[C@]12CC(=O)C3C(CC[C@@H]4C[C@H](O)CC[C@]34C)C1CC[C@]2(O)C(O)(O)CO. The molecule has 0 saturated heterocycles. The van der Waals surface area contributed by atoms with E-state index >= 15 is 0 Å². The Morgan fingerprint density at radius 2 is 1.81 bits per heavy atom. The second-order valence-electron chi connectivity index (χ2n) is 10.4. The van der Waals surface area contributed by atoms with E-state index in [-0.39, 0.29) is 47.9 Å². The van der Waals surface area contributed by atoms with Gasteiger partial charge in [0.15, 0.2) is 0 Å². The Labute approximate surface area is 160 Å². The molecule has 27 heavy (non-hydrogen) atoms. The van der Waals surface area contributed by atoms with Crippen molar-refractivity contribution in [3.63, 3.8) is 0 Å². The van der Waals surface area contributed by atoms with Crippen molar-refractivity contribution in [2.24, 2.45) is 34.5 Å². The highest BCUT2D eigenvalue weighted by molar-refractivity contribution is 5.84. The van der Waals surface area contributed by atoms with Crippen LogP contribution < -0.4 is 0 Å². The predicted octanol–water partition coefficient (Wildman–Crippen LogP) is 0.973. The van der Waals surface area contributed by atoms with E-state index in [0.29, 0.717) is 12.3 Å². The zero-order chi connectivity index (χ0) is 19.8. The number of carbonyl (C=O) groups is 1. The van der Waals surface area contributed by atoms with E-state index in [4.69, 9.17) is 0 Å². The third-order valence-corrected chi connectivity index (χ3v) is 9.36. The van der Waals surface area contributed by atoms with Crippen LogP contribution in [-0.4, -0.2) is 55.4 Å². The summed E-state index contributed by atoms with van der Waals surface area (Å²) in [6.07, 6.45) is 4.84. The quantitative estimate of drug-likeness (QED) is 0.454. The average molecular weight is 382 g/mol. The fraction of sp³-hybridized carbons (Fsp3) is 0.952. The summed E-state index contributed by atoms with van der Waals surface area (Å²) in [6, 6.07) is 0. The van der Waals surface area contributed by atoms with Gasteiger partial charge in [-0.15, -0.1) is 0 Å². The normalized spacial score (nSPS) is 52.9. The van der Waals surface area contributed by atoms with Crippen LogP contribution in [0.4, 0.5) is 0 Å². The second kappa shape index (κ2) is 5.99. The van der Waals surface area contributed by atoms with Gasteiger partial charge in [0.2, 0.25) is 5.79 Å². The number of rotatable bonds is 2. The molecule has 4 fully saturated rings. The maximum Gasteiger partial charge on any atom is 0.216 e. The molecule has 6 nitrogen and oxygen atoms in total. The molecule has 0 radical (unpaired) electrons. The van der Waals surface area contributed by atoms with Crippen LogP contribution in [0.1, 0.15) is 65.2 Å². The Morgan fingerprint density at radius 1 is 1.11 bits per heavy atom. The molecule has 8 atom stereocenters. The molecule has 0 heterocycles. The average Bonchev–Trinajstić information content (AvgIpc) is 2.87. The molecule has 5 N–H and O–H groups in total. The van der Waals surface area contributed by atoms with Crippen LogP contribution in [0.25, 0.3) is 0 Å². The molecule has 0 aromatic carbocycles. The van der Waals surface area contributed by atoms with Crippen LogP contribution in [0.5, 0.6) is 0 Å². The van der Waals surface area contributed by atoms with Gasteiger partial charge in [-0.3, -0.25) is 4.79 Å². The van der Waals surface area contributed by atoms with E-state index in [1.807, 2.05) is 0 Å². The molecule has 4 saturated carbocycles. The van der Waals surface area contributed by atoms with Crippen LogP contribution in [0, 0.1) is 34.5 Å². The smallest absolute Gasteiger partial charge is 0.216 e. The zero-order valence-electron chi connectivity index (χ0n) is 16.4. The number of carbonyl (C=O) groups excluding carboxylic acids is 1. The van der Waals surface area contributed by atoms with E-state index in [2.05, 4.69) is 6.92 Å². The van der Waals surface area contributed by atoms with Gasteiger partial charge in [0.05, 0.1) is 12.7 Å². The molecular weight excluding hydrogens is 348 g/mol. The van der Waals surface area contributed by atoms with E-state index in [0.717, 1.165) is 32.1 Å².